The predicted octanol–water partition coefficient (Wildman–Crippen LogP) is 2.90. The van der Waals surface area contributed by atoms with Gasteiger partial charge in [-0.1, -0.05) is 36.7 Å². The molecule has 17 heavy (non-hydrogen) atoms. The third-order valence-corrected chi connectivity index (χ3v) is 2.90. The van der Waals surface area contributed by atoms with Gasteiger partial charge in [-0.25, -0.2) is 4.39 Å². The largest absolute Gasteiger partial charge is 0.322 e. The van der Waals surface area contributed by atoms with E-state index in [1.807, 2.05) is 20.8 Å². The summed E-state index contributed by atoms with van der Waals surface area (Å²) < 4.78 is 14.1. The van der Waals surface area contributed by atoms with Crippen molar-refractivity contribution >= 4 is 27.5 Å². The second kappa shape index (κ2) is 5.14. The normalized spacial score (nSPS) is 13.3. The van der Waals surface area contributed by atoms with Crippen LogP contribution in [0.25, 0.3) is 0 Å². The third kappa shape index (κ3) is 3.78. The van der Waals surface area contributed by atoms with Crippen LogP contribution in [-0.2, 0) is 4.79 Å². The SMILES string of the molecule is CC(C)(C)C(N)C(=O)Nc1cc(Br)ccc1F. The number of hydrogen-bond acceptors (Lipinski definition) is 2. The molecule has 3 N–H and O–H groups in total. The van der Waals surface area contributed by atoms with Crippen molar-refractivity contribution in [3.8, 4) is 0 Å². The molecule has 1 aromatic carbocycles. The molecule has 0 heterocycles. The van der Waals surface area contributed by atoms with Crippen LogP contribution in [-0.4, -0.2) is 11.9 Å². The van der Waals surface area contributed by atoms with Gasteiger partial charge in [0.25, 0.3) is 0 Å². The number of anilines is 1. The first-order chi connectivity index (χ1) is 7.71. The van der Waals surface area contributed by atoms with E-state index in [0.29, 0.717) is 4.47 Å². The van der Waals surface area contributed by atoms with Crippen molar-refractivity contribution in [2.45, 2.75) is 26.8 Å². The molecule has 0 bridgehead atoms. The van der Waals surface area contributed by atoms with Crippen molar-refractivity contribution in [1.29, 1.82) is 0 Å². The van der Waals surface area contributed by atoms with Crippen LogP contribution < -0.4 is 11.1 Å². The molecule has 0 aromatic heterocycles. The molecule has 0 spiro atoms. The summed E-state index contributed by atoms with van der Waals surface area (Å²) in [5.41, 5.74) is 5.54. The maximum Gasteiger partial charge on any atom is 0.241 e. The number of benzene rings is 1. The lowest BCUT2D eigenvalue weighted by molar-refractivity contribution is -0.119. The number of amides is 1. The first-order valence-electron chi connectivity index (χ1n) is 5.23. The number of hydrogen-bond donors (Lipinski definition) is 2. The molecule has 0 aliphatic heterocycles. The minimum atomic E-state index is -0.694. The number of nitrogens with two attached hydrogens (primary N) is 1. The first-order valence-corrected chi connectivity index (χ1v) is 6.02. The molecular formula is C12H16BrFN2O. The van der Waals surface area contributed by atoms with E-state index < -0.39 is 17.8 Å². The average molecular weight is 303 g/mol. The van der Waals surface area contributed by atoms with E-state index in [4.69, 9.17) is 5.73 Å². The van der Waals surface area contributed by atoms with Gasteiger partial charge in [-0.15, -0.1) is 0 Å². The molecule has 1 aromatic rings. The Morgan fingerprint density at radius 2 is 2.06 bits per heavy atom. The van der Waals surface area contributed by atoms with Gasteiger partial charge >= 0.3 is 0 Å². The standard InChI is InChI=1S/C12H16BrFN2O/c1-12(2,3)10(15)11(17)16-9-6-7(13)4-5-8(9)14/h4-6,10H,15H2,1-3H3,(H,16,17). The van der Waals surface area contributed by atoms with Crippen molar-refractivity contribution in [2.24, 2.45) is 11.1 Å². The second-order valence-corrected chi connectivity index (χ2v) is 5.87. The molecule has 0 aliphatic rings. The summed E-state index contributed by atoms with van der Waals surface area (Å²) in [4.78, 5) is 11.8. The molecule has 1 amide bonds. The molecule has 1 rings (SSSR count). The monoisotopic (exact) mass is 302 g/mol. The highest BCUT2D eigenvalue weighted by molar-refractivity contribution is 9.10. The molecule has 0 radical (unpaired) electrons. The van der Waals surface area contributed by atoms with Gasteiger partial charge in [-0.3, -0.25) is 4.79 Å². The van der Waals surface area contributed by atoms with Crippen LogP contribution >= 0.6 is 15.9 Å². The molecule has 0 fully saturated rings. The van der Waals surface area contributed by atoms with Crippen molar-refractivity contribution in [3.63, 3.8) is 0 Å². The number of halogens is 2. The fourth-order valence-corrected chi connectivity index (χ4v) is 1.56. The van der Waals surface area contributed by atoms with Gasteiger partial charge in [0.1, 0.15) is 5.82 Å². The van der Waals surface area contributed by atoms with E-state index in [0.717, 1.165) is 0 Å². The van der Waals surface area contributed by atoms with Gasteiger partial charge in [0, 0.05) is 4.47 Å². The zero-order valence-electron chi connectivity index (χ0n) is 10.1. The lowest BCUT2D eigenvalue weighted by atomic mass is 9.87. The van der Waals surface area contributed by atoms with Crippen LogP contribution in [0.15, 0.2) is 22.7 Å². The summed E-state index contributed by atoms with van der Waals surface area (Å²) >= 11 is 3.21. The third-order valence-electron chi connectivity index (χ3n) is 2.40. The summed E-state index contributed by atoms with van der Waals surface area (Å²) in [5, 5.41) is 2.49. The topological polar surface area (TPSA) is 55.1 Å². The summed E-state index contributed by atoms with van der Waals surface area (Å²) in [6.45, 7) is 5.57. The molecule has 0 aliphatic carbocycles. The molecule has 3 nitrogen and oxygen atoms in total. The van der Waals surface area contributed by atoms with Gasteiger partial charge < -0.3 is 11.1 Å². The predicted molar refractivity (Wildman–Crippen MR) is 70.2 cm³/mol. The van der Waals surface area contributed by atoms with Crippen LogP contribution in [0, 0.1) is 11.2 Å². The highest BCUT2D eigenvalue weighted by Gasteiger charge is 2.27. The fourth-order valence-electron chi connectivity index (χ4n) is 1.20. The van der Waals surface area contributed by atoms with Crippen molar-refractivity contribution in [2.75, 3.05) is 5.32 Å². The van der Waals surface area contributed by atoms with Crippen molar-refractivity contribution in [3.05, 3.63) is 28.5 Å². The van der Waals surface area contributed by atoms with Gasteiger partial charge in [-0.05, 0) is 23.6 Å². The summed E-state index contributed by atoms with van der Waals surface area (Å²) in [5.74, 6) is -0.878. The van der Waals surface area contributed by atoms with Crippen molar-refractivity contribution in [1.82, 2.24) is 0 Å². The average Bonchev–Trinajstić information content (AvgIpc) is 2.21. The van der Waals surface area contributed by atoms with E-state index >= 15 is 0 Å². The fraction of sp³-hybridized carbons (Fsp3) is 0.417. The molecule has 5 heteroatoms. The minimum absolute atomic E-state index is 0.129. The van der Waals surface area contributed by atoms with E-state index in [1.165, 1.54) is 12.1 Å². The smallest absolute Gasteiger partial charge is 0.241 e. The number of carbonyl (C=O) groups is 1. The minimum Gasteiger partial charge on any atom is -0.322 e. The highest BCUT2D eigenvalue weighted by atomic mass is 79.9. The first kappa shape index (κ1) is 14.1. The maximum absolute atomic E-state index is 13.4. The number of nitrogens with one attached hydrogen (secondary N) is 1. The summed E-state index contributed by atoms with van der Waals surface area (Å²) in [7, 11) is 0. The Morgan fingerprint density at radius 1 is 1.47 bits per heavy atom. The Balaban J connectivity index is 2.85. The quantitative estimate of drug-likeness (QED) is 0.882. The zero-order chi connectivity index (χ0) is 13.2. The number of carbonyl (C=O) groups excluding carboxylic acids is 1. The molecule has 94 valence electrons. The van der Waals surface area contributed by atoms with E-state index in [-0.39, 0.29) is 11.1 Å². The molecular weight excluding hydrogens is 287 g/mol. The summed E-state index contributed by atoms with van der Waals surface area (Å²) in [6.07, 6.45) is 0. The molecule has 0 saturated heterocycles. The van der Waals surface area contributed by atoms with Crippen LogP contribution in [0.5, 0.6) is 0 Å². The Hall–Kier alpha value is -0.940. The second-order valence-electron chi connectivity index (χ2n) is 4.96. The van der Waals surface area contributed by atoms with E-state index in [1.54, 1.807) is 6.07 Å². The van der Waals surface area contributed by atoms with Crippen molar-refractivity contribution < 1.29 is 9.18 Å². The zero-order valence-corrected chi connectivity index (χ0v) is 11.6. The van der Waals surface area contributed by atoms with Gasteiger partial charge in [-0.2, -0.15) is 0 Å². The van der Waals surface area contributed by atoms with Crippen LogP contribution in [0.2, 0.25) is 0 Å². The van der Waals surface area contributed by atoms with Gasteiger partial charge in [0.15, 0.2) is 0 Å². The molecule has 1 unspecified atom stereocenters. The van der Waals surface area contributed by atoms with Gasteiger partial charge in [0.05, 0.1) is 11.7 Å². The highest BCUT2D eigenvalue weighted by Crippen LogP contribution is 2.22. The Morgan fingerprint density at radius 3 is 2.59 bits per heavy atom. The van der Waals surface area contributed by atoms with Gasteiger partial charge in [0.2, 0.25) is 5.91 Å². The Bertz CT molecular complexity index is 429. The van der Waals surface area contributed by atoms with Crippen LogP contribution in [0.3, 0.4) is 0 Å². The lowest BCUT2D eigenvalue weighted by Gasteiger charge is -2.25. The summed E-state index contributed by atoms with van der Waals surface area (Å²) in [6, 6.07) is 3.65. The Labute approximate surface area is 109 Å². The van der Waals surface area contributed by atoms with Crippen LogP contribution in [0.4, 0.5) is 10.1 Å². The maximum atomic E-state index is 13.4. The molecule has 1 atom stereocenters. The van der Waals surface area contributed by atoms with Crippen LogP contribution in [0.1, 0.15) is 20.8 Å². The lowest BCUT2D eigenvalue weighted by Crippen LogP contribution is -2.45. The Kier molecular flexibility index (Phi) is 4.27. The van der Waals surface area contributed by atoms with E-state index in [9.17, 15) is 9.18 Å². The number of rotatable bonds is 2. The molecule has 0 saturated carbocycles. The van der Waals surface area contributed by atoms with E-state index in [2.05, 4.69) is 21.2 Å².